The monoisotopic (exact) mass is 214 g/mol. The van der Waals surface area contributed by atoms with E-state index in [-0.39, 0.29) is 6.42 Å². The second-order valence-electron chi connectivity index (χ2n) is 3.80. The van der Waals surface area contributed by atoms with E-state index < -0.39 is 12.5 Å². The third kappa shape index (κ3) is 3.47. The molecule has 4 heteroatoms. The quantitative estimate of drug-likeness (QED) is 0.829. The van der Waals surface area contributed by atoms with Crippen molar-refractivity contribution in [3.05, 3.63) is 29.8 Å². The Morgan fingerprint density at radius 3 is 2.53 bits per heavy atom. The number of alkyl halides is 2. The van der Waals surface area contributed by atoms with Crippen LogP contribution < -0.4 is 10.6 Å². The van der Waals surface area contributed by atoms with Gasteiger partial charge in [0.15, 0.2) is 0 Å². The average Bonchev–Trinajstić information content (AvgIpc) is 2.17. The Hall–Kier alpha value is -1.16. The molecule has 0 fully saturated rings. The number of anilines is 1. The van der Waals surface area contributed by atoms with Crippen LogP contribution in [-0.2, 0) is 6.42 Å². The van der Waals surface area contributed by atoms with Gasteiger partial charge in [0.1, 0.15) is 0 Å². The molecule has 0 aliphatic carbocycles. The SMILES string of the molecule is CN(C)c1cccc(CC(F)(F)CN)c1. The fraction of sp³-hybridized carbons (Fsp3) is 0.455. The fourth-order valence-electron chi connectivity index (χ4n) is 1.32. The predicted octanol–water partition coefficient (Wildman–Crippen LogP) is 1.89. The molecule has 0 aromatic heterocycles. The zero-order valence-corrected chi connectivity index (χ0v) is 9.00. The topological polar surface area (TPSA) is 29.3 Å². The van der Waals surface area contributed by atoms with E-state index in [9.17, 15) is 8.78 Å². The first-order valence-corrected chi connectivity index (χ1v) is 4.79. The number of halogens is 2. The maximum absolute atomic E-state index is 13.0. The molecular formula is C11H16F2N2. The molecule has 0 amide bonds. The minimum atomic E-state index is -2.81. The Bertz CT molecular complexity index is 324. The molecule has 1 rings (SSSR count). The van der Waals surface area contributed by atoms with E-state index in [1.807, 2.05) is 25.1 Å². The van der Waals surface area contributed by atoms with Crippen molar-refractivity contribution >= 4 is 5.69 Å². The van der Waals surface area contributed by atoms with Crippen molar-refractivity contribution in [1.29, 1.82) is 0 Å². The van der Waals surface area contributed by atoms with Crippen LogP contribution in [0.15, 0.2) is 24.3 Å². The van der Waals surface area contributed by atoms with Crippen molar-refractivity contribution in [3.8, 4) is 0 Å². The fourth-order valence-corrected chi connectivity index (χ4v) is 1.32. The van der Waals surface area contributed by atoms with E-state index >= 15 is 0 Å². The first-order valence-electron chi connectivity index (χ1n) is 4.79. The standard InChI is InChI=1S/C11H16F2N2/c1-15(2)10-5-3-4-9(6-10)7-11(12,13)8-14/h3-6H,7-8,14H2,1-2H3. The number of nitrogens with zero attached hydrogens (tertiary/aromatic N) is 1. The molecule has 0 bridgehead atoms. The summed E-state index contributed by atoms with van der Waals surface area (Å²) in [6.07, 6.45) is -0.300. The summed E-state index contributed by atoms with van der Waals surface area (Å²) in [4.78, 5) is 1.88. The van der Waals surface area contributed by atoms with Gasteiger partial charge in [-0.3, -0.25) is 0 Å². The van der Waals surface area contributed by atoms with Gasteiger partial charge in [0.2, 0.25) is 0 Å². The molecule has 2 nitrogen and oxygen atoms in total. The number of nitrogens with two attached hydrogens (primary N) is 1. The summed E-state index contributed by atoms with van der Waals surface area (Å²) >= 11 is 0. The Labute approximate surface area is 88.7 Å². The molecule has 1 aromatic carbocycles. The second kappa shape index (κ2) is 4.57. The molecule has 0 aliphatic heterocycles. The van der Waals surface area contributed by atoms with E-state index in [0.717, 1.165) is 5.69 Å². The highest BCUT2D eigenvalue weighted by Crippen LogP contribution is 2.21. The van der Waals surface area contributed by atoms with Crippen LogP contribution in [0.25, 0.3) is 0 Å². The van der Waals surface area contributed by atoms with Crippen molar-refractivity contribution in [2.45, 2.75) is 12.3 Å². The summed E-state index contributed by atoms with van der Waals surface area (Å²) in [5, 5.41) is 0. The molecule has 0 saturated carbocycles. The van der Waals surface area contributed by atoms with Gasteiger partial charge < -0.3 is 10.6 Å². The van der Waals surface area contributed by atoms with E-state index in [0.29, 0.717) is 5.56 Å². The number of hydrogen-bond donors (Lipinski definition) is 1. The normalized spacial score (nSPS) is 11.5. The van der Waals surface area contributed by atoms with E-state index in [2.05, 4.69) is 0 Å². The predicted molar refractivity (Wildman–Crippen MR) is 58.5 cm³/mol. The number of hydrogen-bond acceptors (Lipinski definition) is 2. The lowest BCUT2D eigenvalue weighted by atomic mass is 10.1. The maximum atomic E-state index is 13.0. The van der Waals surface area contributed by atoms with Gasteiger partial charge in [-0.1, -0.05) is 12.1 Å². The molecule has 2 N–H and O–H groups in total. The van der Waals surface area contributed by atoms with Gasteiger partial charge >= 0.3 is 0 Å². The van der Waals surface area contributed by atoms with E-state index in [1.54, 1.807) is 18.2 Å². The largest absolute Gasteiger partial charge is 0.378 e. The Kier molecular flexibility index (Phi) is 3.63. The van der Waals surface area contributed by atoms with Gasteiger partial charge in [-0.05, 0) is 17.7 Å². The van der Waals surface area contributed by atoms with Gasteiger partial charge in [0.05, 0.1) is 6.54 Å². The zero-order valence-electron chi connectivity index (χ0n) is 9.00. The first-order chi connectivity index (χ1) is 6.94. The van der Waals surface area contributed by atoms with E-state index in [4.69, 9.17) is 5.73 Å². The molecule has 0 radical (unpaired) electrons. The van der Waals surface area contributed by atoms with Crippen molar-refractivity contribution in [2.75, 3.05) is 25.5 Å². The van der Waals surface area contributed by atoms with Crippen LogP contribution in [0.2, 0.25) is 0 Å². The van der Waals surface area contributed by atoms with Crippen LogP contribution in [0.5, 0.6) is 0 Å². The molecule has 0 heterocycles. The minimum Gasteiger partial charge on any atom is -0.378 e. The highest BCUT2D eigenvalue weighted by atomic mass is 19.3. The van der Waals surface area contributed by atoms with Crippen molar-refractivity contribution in [1.82, 2.24) is 0 Å². The molecule has 84 valence electrons. The van der Waals surface area contributed by atoms with Crippen LogP contribution in [0.4, 0.5) is 14.5 Å². The van der Waals surface area contributed by atoms with Crippen LogP contribution in [0, 0.1) is 0 Å². The molecule has 0 atom stereocenters. The Morgan fingerprint density at radius 2 is 2.00 bits per heavy atom. The van der Waals surface area contributed by atoms with Gasteiger partial charge in [-0.2, -0.15) is 0 Å². The Balaban J connectivity index is 2.82. The minimum absolute atomic E-state index is 0.300. The van der Waals surface area contributed by atoms with Crippen molar-refractivity contribution in [2.24, 2.45) is 5.73 Å². The molecule has 0 saturated heterocycles. The summed E-state index contributed by atoms with van der Waals surface area (Å²) in [7, 11) is 3.75. The average molecular weight is 214 g/mol. The highest BCUT2D eigenvalue weighted by molar-refractivity contribution is 5.47. The molecule has 0 unspecified atom stereocenters. The molecule has 1 aromatic rings. The highest BCUT2D eigenvalue weighted by Gasteiger charge is 2.26. The van der Waals surface area contributed by atoms with Gasteiger partial charge in [-0.25, -0.2) is 8.78 Å². The first kappa shape index (κ1) is 11.9. The molecular weight excluding hydrogens is 198 g/mol. The molecule has 15 heavy (non-hydrogen) atoms. The van der Waals surface area contributed by atoms with Crippen LogP contribution in [0.1, 0.15) is 5.56 Å². The summed E-state index contributed by atoms with van der Waals surface area (Å²) in [6, 6.07) is 7.10. The summed E-state index contributed by atoms with van der Waals surface area (Å²) in [5.74, 6) is -2.81. The molecule has 0 spiro atoms. The van der Waals surface area contributed by atoms with Crippen molar-refractivity contribution in [3.63, 3.8) is 0 Å². The van der Waals surface area contributed by atoms with Gasteiger partial charge in [0, 0.05) is 26.2 Å². The summed E-state index contributed by atoms with van der Waals surface area (Å²) in [5.41, 5.74) is 6.52. The van der Waals surface area contributed by atoms with Gasteiger partial charge in [-0.15, -0.1) is 0 Å². The lowest BCUT2D eigenvalue weighted by molar-refractivity contribution is 0.0115. The number of benzene rings is 1. The number of rotatable bonds is 4. The van der Waals surface area contributed by atoms with Gasteiger partial charge in [0.25, 0.3) is 5.92 Å². The van der Waals surface area contributed by atoms with Crippen LogP contribution in [0.3, 0.4) is 0 Å². The summed E-state index contributed by atoms with van der Waals surface area (Å²) in [6.45, 7) is -0.612. The molecule has 0 aliphatic rings. The zero-order chi connectivity index (χ0) is 11.5. The lowest BCUT2D eigenvalue weighted by Crippen LogP contribution is -2.30. The second-order valence-corrected chi connectivity index (χ2v) is 3.80. The van der Waals surface area contributed by atoms with Crippen LogP contribution in [-0.4, -0.2) is 26.6 Å². The Morgan fingerprint density at radius 1 is 1.33 bits per heavy atom. The lowest BCUT2D eigenvalue weighted by Gasteiger charge is -2.16. The maximum Gasteiger partial charge on any atom is 0.264 e. The van der Waals surface area contributed by atoms with Crippen LogP contribution >= 0.6 is 0 Å². The van der Waals surface area contributed by atoms with Crippen molar-refractivity contribution < 1.29 is 8.78 Å². The summed E-state index contributed by atoms with van der Waals surface area (Å²) < 4.78 is 26.1. The third-order valence-electron chi connectivity index (χ3n) is 2.19. The third-order valence-corrected chi connectivity index (χ3v) is 2.19. The smallest absolute Gasteiger partial charge is 0.264 e. The van der Waals surface area contributed by atoms with E-state index in [1.165, 1.54) is 0 Å².